The van der Waals surface area contributed by atoms with E-state index in [4.69, 9.17) is 9.47 Å². The summed E-state index contributed by atoms with van der Waals surface area (Å²) in [4.78, 5) is 11.5. The zero-order valence-electron chi connectivity index (χ0n) is 14.5. The van der Waals surface area contributed by atoms with Crippen LogP contribution in [0.2, 0.25) is 0 Å². The number of aryl methyl sites for hydroxylation is 2. The largest absolute Gasteiger partial charge is 0.468 e. The van der Waals surface area contributed by atoms with E-state index in [-0.39, 0.29) is 18.3 Å². The van der Waals surface area contributed by atoms with Crippen molar-refractivity contribution in [1.82, 2.24) is 4.57 Å². The number of hydrogen-bond acceptors (Lipinski definition) is 4. The number of thiol groups is 1. The number of benzene rings is 1. The van der Waals surface area contributed by atoms with Gasteiger partial charge in [0.25, 0.3) is 0 Å². The first-order chi connectivity index (χ1) is 12.0. The van der Waals surface area contributed by atoms with Gasteiger partial charge in [0, 0.05) is 35.0 Å². The summed E-state index contributed by atoms with van der Waals surface area (Å²) >= 11 is 4.38. The normalized spacial score (nSPS) is 19.8. The van der Waals surface area contributed by atoms with Crippen molar-refractivity contribution >= 4 is 24.9 Å². The quantitative estimate of drug-likeness (QED) is 0.629. The summed E-state index contributed by atoms with van der Waals surface area (Å²) in [7, 11) is 0. The molecule has 0 bridgehead atoms. The topological polar surface area (TPSA) is 40.5 Å². The zero-order valence-corrected chi connectivity index (χ0v) is 15.4. The van der Waals surface area contributed by atoms with Crippen molar-refractivity contribution in [3.63, 3.8) is 0 Å². The minimum absolute atomic E-state index is 0.0331. The Bertz CT molecular complexity index is 796. The number of aromatic nitrogens is 1. The molecule has 0 amide bonds. The highest BCUT2D eigenvalue weighted by molar-refractivity contribution is 7.81. The van der Waals surface area contributed by atoms with Gasteiger partial charge in [-0.2, -0.15) is 12.6 Å². The van der Waals surface area contributed by atoms with Crippen molar-refractivity contribution in [2.75, 3.05) is 6.79 Å². The predicted molar refractivity (Wildman–Crippen MR) is 104 cm³/mol. The van der Waals surface area contributed by atoms with Gasteiger partial charge in [-0.05, 0) is 50.5 Å². The molecule has 5 heteroatoms. The highest BCUT2D eigenvalue weighted by Gasteiger charge is 2.26. The Balaban J connectivity index is 1.62. The van der Waals surface area contributed by atoms with Gasteiger partial charge in [-0.3, -0.25) is 4.79 Å². The van der Waals surface area contributed by atoms with E-state index in [9.17, 15) is 4.79 Å². The Morgan fingerprint density at radius 2 is 1.92 bits per heavy atom. The molecule has 2 aromatic rings. The van der Waals surface area contributed by atoms with Crippen molar-refractivity contribution in [1.29, 1.82) is 0 Å². The molecule has 4 nitrogen and oxygen atoms in total. The third-order valence-electron chi connectivity index (χ3n) is 4.34. The Kier molecular flexibility index (Phi) is 5.66. The molecule has 0 atom stereocenters. The number of hydrogen-bond donors (Lipinski definition) is 1. The molecule has 1 aliphatic carbocycles. The summed E-state index contributed by atoms with van der Waals surface area (Å²) in [6, 6.07) is 11.1. The number of rotatable bonds is 6. The molecule has 0 aliphatic heterocycles. The molecule has 0 spiro atoms. The summed E-state index contributed by atoms with van der Waals surface area (Å²) in [5.74, 6) is 0.775. The molecule has 1 fully saturated rings. The van der Waals surface area contributed by atoms with Crippen LogP contribution >= 0.6 is 12.6 Å². The summed E-state index contributed by atoms with van der Waals surface area (Å²) in [6.07, 6.45) is 6.22. The van der Waals surface area contributed by atoms with E-state index in [1.165, 1.54) is 0 Å². The smallest absolute Gasteiger partial charge is 0.189 e. The van der Waals surface area contributed by atoms with Crippen LogP contribution in [-0.2, 0) is 4.74 Å². The molecule has 3 rings (SSSR count). The average molecular weight is 357 g/mol. The van der Waals surface area contributed by atoms with Gasteiger partial charge in [-0.15, -0.1) is 0 Å². The maximum Gasteiger partial charge on any atom is 0.189 e. The Labute approximate surface area is 153 Å². The second-order valence-corrected chi connectivity index (χ2v) is 7.14. The number of nitrogens with zero attached hydrogens (tertiary/aromatic N) is 1. The lowest BCUT2D eigenvalue weighted by molar-refractivity contribution is -0.0649. The Morgan fingerprint density at radius 3 is 2.60 bits per heavy atom. The van der Waals surface area contributed by atoms with Crippen LogP contribution in [0.25, 0.3) is 12.3 Å². The third-order valence-corrected chi connectivity index (χ3v) is 4.76. The second kappa shape index (κ2) is 7.93. The average Bonchev–Trinajstić information content (AvgIpc) is 2.52. The van der Waals surface area contributed by atoms with Crippen LogP contribution in [0.4, 0.5) is 0 Å². The fraction of sp³-hybridized carbons (Fsp3) is 0.350. The van der Waals surface area contributed by atoms with Crippen molar-refractivity contribution in [2.45, 2.75) is 38.0 Å². The lowest BCUT2D eigenvalue weighted by Crippen LogP contribution is -2.33. The Morgan fingerprint density at radius 1 is 1.20 bits per heavy atom. The second-order valence-electron chi connectivity index (χ2n) is 6.41. The predicted octanol–water partition coefficient (Wildman–Crippen LogP) is 3.91. The number of ether oxygens (including phenoxy) is 2. The summed E-state index contributed by atoms with van der Waals surface area (Å²) in [5, 5.41) is 0.471. The molecule has 0 unspecified atom stereocenters. The van der Waals surface area contributed by atoms with E-state index in [1.807, 2.05) is 55.0 Å². The summed E-state index contributed by atoms with van der Waals surface area (Å²) in [5.41, 5.74) is 2.87. The highest BCUT2D eigenvalue weighted by Crippen LogP contribution is 2.27. The molecular weight excluding hydrogens is 334 g/mol. The molecule has 1 aromatic carbocycles. The maximum atomic E-state index is 11.5. The third kappa shape index (κ3) is 4.77. The van der Waals surface area contributed by atoms with Gasteiger partial charge >= 0.3 is 0 Å². The molecule has 1 aromatic heterocycles. The summed E-state index contributed by atoms with van der Waals surface area (Å²) in [6.45, 7) is 4.10. The van der Waals surface area contributed by atoms with Gasteiger partial charge in [-0.1, -0.05) is 12.1 Å². The van der Waals surface area contributed by atoms with E-state index in [2.05, 4.69) is 12.6 Å². The van der Waals surface area contributed by atoms with Gasteiger partial charge < -0.3 is 14.0 Å². The van der Waals surface area contributed by atoms with Gasteiger partial charge in [0.1, 0.15) is 5.75 Å². The first kappa shape index (κ1) is 17.8. The lowest BCUT2D eigenvalue weighted by Gasteiger charge is -2.31. The lowest BCUT2D eigenvalue weighted by atomic mass is 9.95. The van der Waals surface area contributed by atoms with E-state index >= 15 is 0 Å². The summed E-state index contributed by atoms with van der Waals surface area (Å²) < 4.78 is 13.3. The standard InChI is InChI=1S/C20H23NO3S/c1-14-8-17(22)9-15(2)21(14)7-6-16-4-3-5-18(10-16)23-13-24-19-11-20(25)12-19/h3-10,19-20,25H,11-13H2,1-2H3/b7-6+. The molecule has 25 heavy (non-hydrogen) atoms. The van der Waals surface area contributed by atoms with Crippen LogP contribution in [0.3, 0.4) is 0 Å². The molecule has 1 saturated carbocycles. The first-order valence-electron chi connectivity index (χ1n) is 8.42. The van der Waals surface area contributed by atoms with Gasteiger partial charge in [-0.25, -0.2) is 0 Å². The molecule has 0 radical (unpaired) electrons. The van der Waals surface area contributed by atoms with Crippen molar-refractivity contribution in [3.05, 3.63) is 63.6 Å². The number of pyridine rings is 1. The van der Waals surface area contributed by atoms with Crippen LogP contribution in [-0.4, -0.2) is 22.7 Å². The Hall–Kier alpha value is -1.98. The monoisotopic (exact) mass is 357 g/mol. The van der Waals surface area contributed by atoms with Crippen LogP contribution in [0.1, 0.15) is 29.8 Å². The van der Waals surface area contributed by atoms with Crippen LogP contribution < -0.4 is 10.2 Å². The zero-order chi connectivity index (χ0) is 17.8. The first-order valence-corrected chi connectivity index (χ1v) is 8.93. The fourth-order valence-corrected chi connectivity index (χ4v) is 3.32. The van der Waals surface area contributed by atoms with E-state index in [1.54, 1.807) is 12.1 Å². The molecule has 0 saturated heterocycles. The highest BCUT2D eigenvalue weighted by atomic mass is 32.1. The van der Waals surface area contributed by atoms with E-state index in [0.29, 0.717) is 5.25 Å². The molecule has 1 heterocycles. The van der Waals surface area contributed by atoms with Crippen molar-refractivity contribution in [3.8, 4) is 5.75 Å². The molecule has 132 valence electrons. The maximum absolute atomic E-state index is 11.5. The van der Waals surface area contributed by atoms with Gasteiger partial charge in [0.15, 0.2) is 12.2 Å². The van der Waals surface area contributed by atoms with Crippen LogP contribution in [0.5, 0.6) is 5.75 Å². The minimum Gasteiger partial charge on any atom is -0.468 e. The van der Waals surface area contributed by atoms with Crippen LogP contribution in [0, 0.1) is 13.8 Å². The molecular formula is C20H23NO3S. The van der Waals surface area contributed by atoms with Gasteiger partial charge in [0.2, 0.25) is 0 Å². The SMILES string of the molecule is Cc1cc(=O)cc(C)n1/C=C/c1cccc(OCOC2CC(S)C2)c1. The molecule has 0 N–H and O–H groups in total. The molecule has 1 aliphatic rings. The van der Waals surface area contributed by atoms with Crippen molar-refractivity contribution in [2.24, 2.45) is 0 Å². The van der Waals surface area contributed by atoms with Crippen LogP contribution in [0.15, 0.2) is 41.2 Å². The minimum atomic E-state index is 0.0331. The van der Waals surface area contributed by atoms with E-state index < -0.39 is 0 Å². The van der Waals surface area contributed by atoms with Crippen molar-refractivity contribution < 1.29 is 9.47 Å². The van der Waals surface area contributed by atoms with Gasteiger partial charge in [0.05, 0.1) is 6.10 Å². The van der Waals surface area contributed by atoms with E-state index in [0.717, 1.165) is 35.5 Å². The fourth-order valence-electron chi connectivity index (χ4n) is 2.85.